The predicted octanol–water partition coefficient (Wildman–Crippen LogP) is 1.16. The molecule has 0 amide bonds. The van der Waals surface area contributed by atoms with Gasteiger partial charge in [0.2, 0.25) is 0 Å². The molecule has 0 aromatic heterocycles. The van der Waals surface area contributed by atoms with Gasteiger partial charge in [0.1, 0.15) is 0 Å². The molecule has 2 atom stereocenters. The minimum absolute atomic E-state index is 0.244. The fourth-order valence-electron chi connectivity index (χ4n) is 0.824. The molecule has 2 N–H and O–H groups in total. The summed E-state index contributed by atoms with van der Waals surface area (Å²) in [6.45, 7) is 9.24. The molecular formula is C10H23NO2. The zero-order valence-electron chi connectivity index (χ0n) is 9.21. The molecule has 0 fully saturated rings. The first-order valence-electron chi connectivity index (χ1n) is 5.09. The summed E-state index contributed by atoms with van der Waals surface area (Å²) in [5.41, 5.74) is 0. The highest BCUT2D eigenvalue weighted by Crippen LogP contribution is 1.96. The second-order valence-electron chi connectivity index (χ2n) is 3.77. The highest BCUT2D eigenvalue weighted by molar-refractivity contribution is 4.61. The lowest BCUT2D eigenvalue weighted by atomic mass is 10.3. The summed E-state index contributed by atoms with van der Waals surface area (Å²) in [7, 11) is 0. The maximum absolute atomic E-state index is 9.45. The number of ether oxygens (including phenoxy) is 1. The zero-order chi connectivity index (χ0) is 10.3. The quantitative estimate of drug-likeness (QED) is 0.631. The van der Waals surface area contributed by atoms with Crippen molar-refractivity contribution in [2.24, 2.45) is 0 Å². The van der Waals surface area contributed by atoms with Gasteiger partial charge in [0, 0.05) is 12.6 Å². The molecule has 2 unspecified atom stereocenters. The molecule has 0 radical (unpaired) electrons. The Hall–Kier alpha value is -0.120. The third-order valence-electron chi connectivity index (χ3n) is 1.91. The van der Waals surface area contributed by atoms with Crippen LogP contribution < -0.4 is 5.32 Å². The summed E-state index contributed by atoms with van der Waals surface area (Å²) in [4.78, 5) is 0. The number of nitrogens with one attached hydrogen (secondary N) is 1. The average Bonchev–Trinajstić information content (AvgIpc) is 2.10. The van der Waals surface area contributed by atoms with E-state index in [0.717, 1.165) is 6.42 Å². The third kappa shape index (κ3) is 8.22. The lowest BCUT2D eigenvalue weighted by molar-refractivity contribution is -0.00273. The fourth-order valence-corrected chi connectivity index (χ4v) is 0.824. The molecule has 0 aliphatic heterocycles. The van der Waals surface area contributed by atoms with Crippen molar-refractivity contribution in [3.05, 3.63) is 0 Å². The maximum atomic E-state index is 9.45. The molecule has 0 aromatic carbocycles. The monoisotopic (exact) mass is 189 g/mol. The molecule has 0 bridgehead atoms. The van der Waals surface area contributed by atoms with Crippen LogP contribution in [0.4, 0.5) is 0 Å². The maximum Gasteiger partial charge on any atom is 0.0897 e. The lowest BCUT2D eigenvalue weighted by Gasteiger charge is -2.16. The summed E-state index contributed by atoms with van der Waals surface area (Å²) in [6.07, 6.45) is 0.842. The zero-order valence-corrected chi connectivity index (χ0v) is 9.21. The Kier molecular flexibility index (Phi) is 7.23. The number of aliphatic hydroxyl groups is 1. The smallest absolute Gasteiger partial charge is 0.0897 e. The number of rotatable bonds is 7. The van der Waals surface area contributed by atoms with Gasteiger partial charge >= 0.3 is 0 Å². The first-order chi connectivity index (χ1) is 6.06. The van der Waals surface area contributed by atoms with Crippen molar-refractivity contribution in [2.45, 2.75) is 52.4 Å². The van der Waals surface area contributed by atoms with Gasteiger partial charge in [-0.3, -0.25) is 0 Å². The minimum Gasteiger partial charge on any atom is -0.389 e. The van der Waals surface area contributed by atoms with Gasteiger partial charge in [-0.05, 0) is 13.3 Å². The van der Waals surface area contributed by atoms with Crippen molar-refractivity contribution >= 4 is 0 Å². The molecule has 3 nitrogen and oxygen atoms in total. The van der Waals surface area contributed by atoms with Crippen molar-refractivity contribution < 1.29 is 9.84 Å². The number of aliphatic hydroxyl groups excluding tert-OH is 1. The van der Waals surface area contributed by atoms with Crippen molar-refractivity contribution in [1.29, 1.82) is 0 Å². The second kappa shape index (κ2) is 7.30. The summed E-state index contributed by atoms with van der Waals surface area (Å²) < 4.78 is 5.40. The Labute approximate surface area is 81.5 Å². The van der Waals surface area contributed by atoms with E-state index in [2.05, 4.69) is 26.1 Å². The van der Waals surface area contributed by atoms with E-state index in [0.29, 0.717) is 19.2 Å². The molecule has 0 aliphatic rings. The van der Waals surface area contributed by atoms with E-state index in [1.807, 2.05) is 6.92 Å². The summed E-state index contributed by atoms with van der Waals surface area (Å²) in [5.74, 6) is 0. The van der Waals surface area contributed by atoms with Crippen molar-refractivity contribution in [3.63, 3.8) is 0 Å². The summed E-state index contributed by atoms with van der Waals surface area (Å²) >= 11 is 0. The van der Waals surface area contributed by atoms with Crippen LogP contribution >= 0.6 is 0 Å². The molecule has 0 aliphatic carbocycles. The molecule has 13 heavy (non-hydrogen) atoms. The standard InChI is InChI=1S/C10H23NO2/c1-5-9(4)13-7-10(12)6-11-8(2)3/h8-12H,5-7H2,1-4H3. The minimum atomic E-state index is -0.392. The second-order valence-corrected chi connectivity index (χ2v) is 3.77. The Balaban J connectivity index is 3.34. The molecule has 0 spiro atoms. The number of hydrogen-bond donors (Lipinski definition) is 2. The van der Waals surface area contributed by atoms with Crippen molar-refractivity contribution in [3.8, 4) is 0 Å². The van der Waals surface area contributed by atoms with E-state index in [1.165, 1.54) is 0 Å². The van der Waals surface area contributed by atoms with Crippen LogP contribution in [0.1, 0.15) is 34.1 Å². The third-order valence-corrected chi connectivity index (χ3v) is 1.91. The van der Waals surface area contributed by atoms with Gasteiger partial charge in [-0.15, -0.1) is 0 Å². The van der Waals surface area contributed by atoms with Crippen LogP contribution in [0, 0.1) is 0 Å². The van der Waals surface area contributed by atoms with E-state index < -0.39 is 6.10 Å². The highest BCUT2D eigenvalue weighted by Gasteiger charge is 2.06. The molecule has 80 valence electrons. The highest BCUT2D eigenvalue weighted by atomic mass is 16.5. The Morgan fingerprint density at radius 2 is 1.92 bits per heavy atom. The first kappa shape index (κ1) is 12.9. The van der Waals surface area contributed by atoms with Crippen LogP contribution in [0.15, 0.2) is 0 Å². The predicted molar refractivity (Wildman–Crippen MR) is 54.9 cm³/mol. The van der Waals surface area contributed by atoms with Gasteiger partial charge < -0.3 is 15.2 Å². The van der Waals surface area contributed by atoms with E-state index in [-0.39, 0.29) is 6.10 Å². The van der Waals surface area contributed by atoms with Crippen LogP contribution in [-0.4, -0.2) is 36.5 Å². The van der Waals surface area contributed by atoms with Gasteiger partial charge in [0.25, 0.3) is 0 Å². The van der Waals surface area contributed by atoms with Gasteiger partial charge in [-0.2, -0.15) is 0 Å². The molecular weight excluding hydrogens is 166 g/mol. The fraction of sp³-hybridized carbons (Fsp3) is 1.00. The topological polar surface area (TPSA) is 41.5 Å². The Morgan fingerprint density at radius 3 is 2.38 bits per heavy atom. The Bertz CT molecular complexity index is 117. The van der Waals surface area contributed by atoms with Crippen LogP contribution in [0.25, 0.3) is 0 Å². The van der Waals surface area contributed by atoms with Crippen molar-refractivity contribution in [2.75, 3.05) is 13.2 Å². The van der Waals surface area contributed by atoms with E-state index in [9.17, 15) is 5.11 Å². The van der Waals surface area contributed by atoms with Crippen LogP contribution in [0.3, 0.4) is 0 Å². The summed E-state index contributed by atoms with van der Waals surface area (Å²) in [5, 5.41) is 12.6. The van der Waals surface area contributed by atoms with Gasteiger partial charge in [0.15, 0.2) is 0 Å². The lowest BCUT2D eigenvalue weighted by Crippen LogP contribution is -2.35. The molecule has 0 aromatic rings. The van der Waals surface area contributed by atoms with Gasteiger partial charge in [-0.25, -0.2) is 0 Å². The SMILES string of the molecule is CCC(C)OCC(O)CNC(C)C. The van der Waals surface area contributed by atoms with E-state index in [1.54, 1.807) is 0 Å². The molecule has 0 saturated carbocycles. The van der Waals surface area contributed by atoms with E-state index >= 15 is 0 Å². The molecule has 0 rings (SSSR count). The molecule has 0 saturated heterocycles. The number of hydrogen-bond acceptors (Lipinski definition) is 3. The largest absolute Gasteiger partial charge is 0.389 e. The molecule has 0 heterocycles. The average molecular weight is 189 g/mol. The normalized spacial score (nSPS) is 16.2. The Morgan fingerprint density at radius 1 is 1.31 bits per heavy atom. The van der Waals surface area contributed by atoms with Gasteiger partial charge in [0.05, 0.1) is 18.8 Å². The van der Waals surface area contributed by atoms with Gasteiger partial charge in [-0.1, -0.05) is 20.8 Å². The van der Waals surface area contributed by atoms with Crippen LogP contribution in [0.5, 0.6) is 0 Å². The molecule has 3 heteroatoms. The van der Waals surface area contributed by atoms with Crippen molar-refractivity contribution in [1.82, 2.24) is 5.32 Å². The first-order valence-corrected chi connectivity index (χ1v) is 5.09. The van der Waals surface area contributed by atoms with Crippen LogP contribution in [0.2, 0.25) is 0 Å². The van der Waals surface area contributed by atoms with E-state index in [4.69, 9.17) is 4.74 Å². The van der Waals surface area contributed by atoms with Crippen LogP contribution in [-0.2, 0) is 4.74 Å². The summed E-state index contributed by atoms with van der Waals surface area (Å²) in [6, 6.07) is 0.415.